The van der Waals surface area contributed by atoms with Crippen molar-refractivity contribution < 1.29 is 9.45 Å². The van der Waals surface area contributed by atoms with Gasteiger partial charge in [-0.3, -0.25) is 10.1 Å². The van der Waals surface area contributed by atoms with Crippen LogP contribution < -0.4 is 5.32 Å². The second-order valence-corrected chi connectivity index (χ2v) is 4.12. The highest BCUT2D eigenvalue weighted by molar-refractivity contribution is 5.33. The fourth-order valence-electron chi connectivity index (χ4n) is 1.71. The van der Waals surface area contributed by atoms with E-state index in [-0.39, 0.29) is 11.7 Å². The fourth-order valence-corrected chi connectivity index (χ4v) is 1.71. The van der Waals surface area contributed by atoms with Crippen LogP contribution in [0.5, 0.6) is 0 Å². The Balaban J connectivity index is 1.85. The van der Waals surface area contributed by atoms with E-state index in [1.165, 1.54) is 18.5 Å². The molecule has 100 valence electrons. The van der Waals surface area contributed by atoms with Crippen molar-refractivity contribution in [3.05, 3.63) is 52.2 Å². The van der Waals surface area contributed by atoms with Crippen molar-refractivity contribution in [2.75, 3.05) is 6.54 Å². The summed E-state index contributed by atoms with van der Waals surface area (Å²) in [6.07, 6.45) is 1.98. The van der Waals surface area contributed by atoms with E-state index in [9.17, 15) is 10.1 Å². The molecular formula is C12H14N4O3. The second-order valence-electron chi connectivity index (χ2n) is 4.12. The molecular weight excluding hydrogens is 248 g/mol. The van der Waals surface area contributed by atoms with Crippen LogP contribution in [-0.4, -0.2) is 21.6 Å². The lowest BCUT2D eigenvalue weighted by Crippen LogP contribution is -2.21. The van der Waals surface area contributed by atoms with Gasteiger partial charge in [-0.15, -0.1) is 0 Å². The van der Waals surface area contributed by atoms with Gasteiger partial charge in [0.15, 0.2) is 5.82 Å². The number of hydrogen-bond donors (Lipinski definition) is 1. The van der Waals surface area contributed by atoms with E-state index < -0.39 is 4.92 Å². The van der Waals surface area contributed by atoms with Gasteiger partial charge in [0.1, 0.15) is 0 Å². The first-order valence-electron chi connectivity index (χ1n) is 5.90. The van der Waals surface area contributed by atoms with Crippen LogP contribution >= 0.6 is 0 Å². The maximum absolute atomic E-state index is 10.6. The van der Waals surface area contributed by atoms with Gasteiger partial charge in [-0.25, -0.2) is 0 Å². The maximum Gasteiger partial charge on any atom is 0.269 e. The van der Waals surface area contributed by atoms with E-state index in [0.717, 1.165) is 5.56 Å². The van der Waals surface area contributed by atoms with Crippen molar-refractivity contribution in [1.82, 2.24) is 15.5 Å². The molecule has 0 spiro atoms. The summed E-state index contributed by atoms with van der Waals surface area (Å²) in [7, 11) is 0. The number of nitrogens with one attached hydrogen (secondary N) is 1. The van der Waals surface area contributed by atoms with Gasteiger partial charge in [-0.2, -0.15) is 4.98 Å². The Hall–Kier alpha value is -2.28. The summed E-state index contributed by atoms with van der Waals surface area (Å²) in [5.41, 5.74) is 1.10. The SMILES string of the molecule is CC(NCCc1ncon1)c1ccc([N+](=O)[O-])cc1. The van der Waals surface area contributed by atoms with Gasteiger partial charge in [-0.05, 0) is 12.5 Å². The van der Waals surface area contributed by atoms with Crippen LogP contribution in [0.2, 0.25) is 0 Å². The van der Waals surface area contributed by atoms with Gasteiger partial charge in [0.2, 0.25) is 6.39 Å². The van der Waals surface area contributed by atoms with E-state index in [0.29, 0.717) is 18.8 Å². The lowest BCUT2D eigenvalue weighted by molar-refractivity contribution is -0.384. The molecule has 1 atom stereocenters. The highest BCUT2D eigenvalue weighted by Gasteiger charge is 2.08. The minimum atomic E-state index is -0.405. The maximum atomic E-state index is 10.6. The van der Waals surface area contributed by atoms with Gasteiger partial charge in [0, 0.05) is 31.1 Å². The lowest BCUT2D eigenvalue weighted by Gasteiger charge is -2.13. The molecule has 0 fully saturated rings. The molecule has 0 saturated carbocycles. The van der Waals surface area contributed by atoms with E-state index in [1.54, 1.807) is 12.1 Å². The van der Waals surface area contributed by atoms with Crippen molar-refractivity contribution in [3.63, 3.8) is 0 Å². The average Bonchev–Trinajstić information content (AvgIpc) is 2.92. The Bertz CT molecular complexity index is 524. The van der Waals surface area contributed by atoms with E-state index in [4.69, 9.17) is 0 Å². The molecule has 1 aromatic carbocycles. The molecule has 7 heteroatoms. The zero-order valence-electron chi connectivity index (χ0n) is 10.4. The summed E-state index contributed by atoms with van der Waals surface area (Å²) in [4.78, 5) is 14.1. The molecule has 0 aliphatic heterocycles. The number of aromatic nitrogens is 2. The molecule has 19 heavy (non-hydrogen) atoms. The highest BCUT2D eigenvalue weighted by atomic mass is 16.6. The smallest absolute Gasteiger partial charge is 0.269 e. The summed E-state index contributed by atoms with van der Waals surface area (Å²) in [5.74, 6) is 0.656. The monoisotopic (exact) mass is 262 g/mol. The first-order chi connectivity index (χ1) is 9.16. The predicted molar refractivity (Wildman–Crippen MR) is 67.5 cm³/mol. The molecule has 1 heterocycles. The molecule has 1 aromatic heterocycles. The second kappa shape index (κ2) is 6.05. The number of nitro benzene ring substituents is 1. The third-order valence-corrected chi connectivity index (χ3v) is 2.81. The number of benzene rings is 1. The van der Waals surface area contributed by atoms with Crippen LogP contribution in [0.15, 0.2) is 35.2 Å². The summed E-state index contributed by atoms with van der Waals surface area (Å²) in [6, 6.07) is 6.63. The molecule has 1 N–H and O–H groups in total. The van der Waals surface area contributed by atoms with Crippen molar-refractivity contribution in [2.45, 2.75) is 19.4 Å². The number of nitrogens with zero attached hydrogens (tertiary/aromatic N) is 3. The summed E-state index contributed by atoms with van der Waals surface area (Å²) in [6.45, 7) is 2.70. The third-order valence-electron chi connectivity index (χ3n) is 2.81. The molecule has 0 radical (unpaired) electrons. The Labute approximate surface area is 109 Å². The first kappa shape index (κ1) is 13.2. The molecule has 0 amide bonds. The fraction of sp³-hybridized carbons (Fsp3) is 0.333. The van der Waals surface area contributed by atoms with Gasteiger partial charge >= 0.3 is 0 Å². The van der Waals surface area contributed by atoms with Crippen LogP contribution in [0, 0.1) is 10.1 Å². The van der Waals surface area contributed by atoms with Gasteiger partial charge in [-0.1, -0.05) is 17.3 Å². The van der Waals surface area contributed by atoms with Crippen molar-refractivity contribution in [3.8, 4) is 0 Å². The van der Waals surface area contributed by atoms with Crippen LogP contribution in [-0.2, 0) is 6.42 Å². The average molecular weight is 262 g/mol. The van der Waals surface area contributed by atoms with Crippen LogP contribution in [0.1, 0.15) is 24.4 Å². The minimum absolute atomic E-state index is 0.0998. The van der Waals surface area contributed by atoms with Gasteiger partial charge < -0.3 is 9.84 Å². The first-order valence-corrected chi connectivity index (χ1v) is 5.90. The van der Waals surface area contributed by atoms with Crippen LogP contribution in [0.25, 0.3) is 0 Å². The summed E-state index contributed by atoms with van der Waals surface area (Å²) in [5, 5.41) is 17.6. The molecule has 2 rings (SSSR count). The zero-order valence-corrected chi connectivity index (χ0v) is 10.4. The molecule has 1 unspecified atom stereocenters. The number of rotatable bonds is 6. The molecule has 0 aliphatic rings. The minimum Gasteiger partial charge on any atom is -0.343 e. The molecule has 0 bridgehead atoms. The standard InChI is InChI=1S/C12H14N4O3/c1-9(13-7-6-12-14-8-19-15-12)10-2-4-11(5-3-10)16(17)18/h2-5,8-9,13H,6-7H2,1H3. The van der Waals surface area contributed by atoms with Gasteiger partial charge in [0.05, 0.1) is 4.92 Å². The highest BCUT2D eigenvalue weighted by Crippen LogP contribution is 2.17. The van der Waals surface area contributed by atoms with Crippen molar-refractivity contribution in [2.24, 2.45) is 0 Å². The van der Waals surface area contributed by atoms with E-state index in [1.807, 2.05) is 6.92 Å². The number of hydrogen-bond acceptors (Lipinski definition) is 6. The predicted octanol–water partition coefficient (Wildman–Crippen LogP) is 1.87. The molecule has 0 aliphatic carbocycles. The Morgan fingerprint density at radius 3 is 2.74 bits per heavy atom. The van der Waals surface area contributed by atoms with Crippen molar-refractivity contribution >= 4 is 5.69 Å². The zero-order chi connectivity index (χ0) is 13.7. The third kappa shape index (κ3) is 3.59. The topological polar surface area (TPSA) is 94.1 Å². The Kier molecular flexibility index (Phi) is 4.19. The lowest BCUT2D eigenvalue weighted by atomic mass is 10.1. The Morgan fingerprint density at radius 1 is 1.42 bits per heavy atom. The molecule has 7 nitrogen and oxygen atoms in total. The van der Waals surface area contributed by atoms with E-state index in [2.05, 4.69) is 20.0 Å². The summed E-state index contributed by atoms with van der Waals surface area (Å²) >= 11 is 0. The van der Waals surface area contributed by atoms with Crippen LogP contribution in [0.4, 0.5) is 5.69 Å². The number of nitro groups is 1. The quantitative estimate of drug-likeness (QED) is 0.630. The Morgan fingerprint density at radius 2 is 2.16 bits per heavy atom. The van der Waals surface area contributed by atoms with Crippen molar-refractivity contribution in [1.29, 1.82) is 0 Å². The van der Waals surface area contributed by atoms with Crippen LogP contribution in [0.3, 0.4) is 0 Å². The molecule has 0 saturated heterocycles. The summed E-state index contributed by atoms with van der Waals surface area (Å²) < 4.78 is 4.64. The number of non-ortho nitro benzene ring substituents is 1. The normalized spacial score (nSPS) is 12.3. The van der Waals surface area contributed by atoms with E-state index >= 15 is 0 Å². The molecule has 2 aromatic rings. The van der Waals surface area contributed by atoms with Gasteiger partial charge in [0.25, 0.3) is 5.69 Å². The largest absolute Gasteiger partial charge is 0.343 e.